The van der Waals surface area contributed by atoms with E-state index >= 15 is 0 Å². The Hall–Kier alpha value is -1.38. The van der Waals surface area contributed by atoms with Gasteiger partial charge in [0, 0.05) is 6.20 Å². The zero-order valence-corrected chi connectivity index (χ0v) is 5.76. The minimum Gasteiger partial charge on any atom is -0.382 e. The van der Waals surface area contributed by atoms with Gasteiger partial charge in [0.25, 0.3) is 0 Å². The molecular weight excluding hydrogens is 126 g/mol. The predicted molar refractivity (Wildman–Crippen MR) is 40.0 cm³/mol. The molecule has 0 spiro atoms. The highest BCUT2D eigenvalue weighted by Crippen LogP contribution is 2.00. The number of rotatable bonds is 1. The van der Waals surface area contributed by atoms with Crippen LogP contribution in [0.5, 0.6) is 0 Å². The summed E-state index contributed by atoms with van der Waals surface area (Å²) in [6, 6.07) is 3.70. The van der Waals surface area contributed by atoms with Crippen LogP contribution in [0.3, 0.4) is 0 Å². The van der Waals surface area contributed by atoms with Crippen molar-refractivity contribution < 1.29 is 0 Å². The van der Waals surface area contributed by atoms with Crippen LogP contribution >= 0.6 is 0 Å². The summed E-state index contributed by atoms with van der Waals surface area (Å²) in [6.07, 6.45) is 1.63. The summed E-state index contributed by atoms with van der Waals surface area (Å²) < 4.78 is 0. The fourth-order valence-corrected chi connectivity index (χ4v) is 0.768. The van der Waals surface area contributed by atoms with Crippen molar-refractivity contribution in [2.75, 3.05) is 0 Å². The summed E-state index contributed by atoms with van der Waals surface area (Å²) in [5.74, 6) is 0.0260. The lowest BCUT2D eigenvalue weighted by molar-refractivity contribution is 1.21. The van der Waals surface area contributed by atoms with E-state index in [1.807, 2.05) is 19.1 Å². The topological polar surface area (TPSA) is 62.8 Å². The van der Waals surface area contributed by atoms with Crippen LogP contribution in [0.1, 0.15) is 11.3 Å². The number of nitrogens with two attached hydrogens (primary N) is 1. The number of aryl methyl sites for hydroxylation is 1. The highest BCUT2D eigenvalue weighted by Gasteiger charge is 1.98. The first-order chi connectivity index (χ1) is 4.72. The Kier molecular flexibility index (Phi) is 1.67. The van der Waals surface area contributed by atoms with E-state index in [0.717, 1.165) is 5.56 Å². The molecule has 3 N–H and O–H groups in total. The summed E-state index contributed by atoms with van der Waals surface area (Å²) in [7, 11) is 0. The van der Waals surface area contributed by atoms with Crippen LogP contribution in [-0.2, 0) is 0 Å². The Bertz CT molecular complexity index is 255. The van der Waals surface area contributed by atoms with Crippen molar-refractivity contribution in [2.45, 2.75) is 6.92 Å². The van der Waals surface area contributed by atoms with Crippen LogP contribution in [-0.4, -0.2) is 10.8 Å². The quantitative estimate of drug-likeness (QED) is 0.439. The molecular formula is C7H9N3. The molecule has 1 rings (SSSR count). The molecule has 0 aliphatic carbocycles. The number of nitrogens with zero attached hydrogens (tertiary/aromatic N) is 1. The van der Waals surface area contributed by atoms with Crippen molar-refractivity contribution in [3.8, 4) is 0 Å². The third-order valence-corrected chi connectivity index (χ3v) is 1.26. The average molecular weight is 135 g/mol. The van der Waals surface area contributed by atoms with E-state index in [1.165, 1.54) is 0 Å². The van der Waals surface area contributed by atoms with E-state index in [0.29, 0.717) is 5.69 Å². The Labute approximate surface area is 59.4 Å². The van der Waals surface area contributed by atoms with E-state index in [2.05, 4.69) is 4.98 Å². The number of aromatic nitrogens is 1. The number of pyridine rings is 1. The zero-order valence-electron chi connectivity index (χ0n) is 5.76. The van der Waals surface area contributed by atoms with Gasteiger partial charge >= 0.3 is 0 Å². The van der Waals surface area contributed by atoms with Gasteiger partial charge in [-0.3, -0.25) is 10.4 Å². The number of hydrogen-bond donors (Lipinski definition) is 2. The summed E-state index contributed by atoms with van der Waals surface area (Å²) in [4.78, 5) is 3.93. The second kappa shape index (κ2) is 2.47. The van der Waals surface area contributed by atoms with Gasteiger partial charge in [0.05, 0.1) is 0 Å². The fraction of sp³-hybridized carbons (Fsp3) is 0.143. The molecule has 0 fully saturated rings. The smallest absolute Gasteiger partial charge is 0.142 e. The van der Waals surface area contributed by atoms with Gasteiger partial charge < -0.3 is 5.73 Å². The van der Waals surface area contributed by atoms with Crippen molar-refractivity contribution >= 4 is 5.84 Å². The maximum absolute atomic E-state index is 7.09. The van der Waals surface area contributed by atoms with Gasteiger partial charge in [-0.25, -0.2) is 0 Å². The molecule has 0 saturated carbocycles. The molecule has 0 aliphatic rings. The van der Waals surface area contributed by atoms with Gasteiger partial charge in [0.15, 0.2) is 0 Å². The van der Waals surface area contributed by atoms with Crippen LogP contribution in [0.15, 0.2) is 18.3 Å². The van der Waals surface area contributed by atoms with Crippen LogP contribution in [0, 0.1) is 12.3 Å². The first kappa shape index (κ1) is 6.74. The highest BCUT2D eigenvalue weighted by atomic mass is 14.8. The van der Waals surface area contributed by atoms with Gasteiger partial charge in [-0.1, -0.05) is 6.07 Å². The van der Waals surface area contributed by atoms with Gasteiger partial charge in [0.2, 0.25) is 0 Å². The summed E-state index contributed by atoms with van der Waals surface area (Å²) in [5.41, 5.74) is 6.75. The molecule has 1 heterocycles. The lowest BCUT2D eigenvalue weighted by Gasteiger charge is -1.98. The van der Waals surface area contributed by atoms with Crippen molar-refractivity contribution in [1.82, 2.24) is 4.98 Å². The van der Waals surface area contributed by atoms with Crippen LogP contribution < -0.4 is 5.73 Å². The molecule has 0 aromatic carbocycles. The van der Waals surface area contributed by atoms with E-state index in [9.17, 15) is 0 Å². The first-order valence-electron chi connectivity index (χ1n) is 2.98. The van der Waals surface area contributed by atoms with Crippen LogP contribution in [0.2, 0.25) is 0 Å². The summed E-state index contributed by atoms with van der Waals surface area (Å²) >= 11 is 0. The molecule has 1 aromatic heterocycles. The Morgan fingerprint density at radius 2 is 2.40 bits per heavy atom. The molecule has 0 bridgehead atoms. The molecule has 0 unspecified atom stereocenters. The number of nitrogens with one attached hydrogen (secondary N) is 1. The SMILES string of the molecule is Cc1cccnc1C(=N)N. The van der Waals surface area contributed by atoms with Crippen LogP contribution in [0.4, 0.5) is 0 Å². The molecule has 0 amide bonds. The van der Waals surface area contributed by atoms with E-state index < -0.39 is 0 Å². The van der Waals surface area contributed by atoms with Gasteiger partial charge in [-0.05, 0) is 18.6 Å². The third kappa shape index (κ3) is 1.13. The number of amidine groups is 1. The molecule has 0 atom stereocenters. The van der Waals surface area contributed by atoms with Crippen molar-refractivity contribution in [3.05, 3.63) is 29.6 Å². The predicted octanol–water partition coefficient (Wildman–Crippen LogP) is 0.674. The van der Waals surface area contributed by atoms with E-state index in [1.54, 1.807) is 6.20 Å². The standard InChI is InChI=1S/C7H9N3/c1-5-3-2-4-10-6(5)7(8)9/h2-4H,1H3,(H3,8,9). The lowest BCUT2D eigenvalue weighted by Crippen LogP contribution is -2.14. The van der Waals surface area contributed by atoms with Crippen molar-refractivity contribution in [3.63, 3.8) is 0 Å². The number of hydrogen-bond acceptors (Lipinski definition) is 2. The number of nitrogen functional groups attached to an aromatic ring is 1. The second-order valence-corrected chi connectivity index (χ2v) is 2.08. The Balaban J connectivity index is 3.15. The monoisotopic (exact) mass is 135 g/mol. The first-order valence-corrected chi connectivity index (χ1v) is 2.98. The molecule has 0 saturated heterocycles. The highest BCUT2D eigenvalue weighted by molar-refractivity contribution is 5.94. The fourth-order valence-electron chi connectivity index (χ4n) is 0.768. The average Bonchev–Trinajstić information content (AvgIpc) is 1.88. The lowest BCUT2D eigenvalue weighted by atomic mass is 10.2. The molecule has 0 aliphatic heterocycles. The van der Waals surface area contributed by atoms with Crippen LogP contribution in [0.25, 0.3) is 0 Å². The molecule has 1 aromatic rings. The van der Waals surface area contributed by atoms with Crippen molar-refractivity contribution in [2.24, 2.45) is 5.73 Å². The molecule has 10 heavy (non-hydrogen) atoms. The molecule has 52 valence electrons. The van der Waals surface area contributed by atoms with Gasteiger partial charge in [0.1, 0.15) is 11.5 Å². The summed E-state index contributed by atoms with van der Waals surface area (Å²) in [5, 5.41) is 7.09. The van der Waals surface area contributed by atoms with Gasteiger partial charge in [-0.2, -0.15) is 0 Å². The minimum absolute atomic E-state index is 0.0260. The largest absolute Gasteiger partial charge is 0.382 e. The Morgan fingerprint density at radius 1 is 1.70 bits per heavy atom. The van der Waals surface area contributed by atoms with Gasteiger partial charge in [-0.15, -0.1) is 0 Å². The van der Waals surface area contributed by atoms with Crippen molar-refractivity contribution in [1.29, 1.82) is 5.41 Å². The molecule has 3 heteroatoms. The zero-order chi connectivity index (χ0) is 7.56. The van der Waals surface area contributed by atoms with E-state index in [4.69, 9.17) is 11.1 Å². The Morgan fingerprint density at radius 3 is 2.80 bits per heavy atom. The second-order valence-electron chi connectivity index (χ2n) is 2.08. The van der Waals surface area contributed by atoms with E-state index in [-0.39, 0.29) is 5.84 Å². The maximum Gasteiger partial charge on any atom is 0.142 e. The maximum atomic E-state index is 7.09. The molecule has 3 nitrogen and oxygen atoms in total. The molecule has 0 radical (unpaired) electrons. The summed E-state index contributed by atoms with van der Waals surface area (Å²) in [6.45, 7) is 1.88. The third-order valence-electron chi connectivity index (χ3n) is 1.26. The normalized spacial score (nSPS) is 9.30. The minimum atomic E-state index is 0.0260.